The van der Waals surface area contributed by atoms with E-state index >= 15 is 0 Å². The van der Waals surface area contributed by atoms with Gasteiger partial charge in [0.1, 0.15) is 6.61 Å². The SMILES string of the molecule is CC(C)CNS(=O)(=O)c1ccc(C#CCO)cc1. The van der Waals surface area contributed by atoms with E-state index in [4.69, 9.17) is 5.11 Å². The van der Waals surface area contributed by atoms with Crippen LogP contribution in [0.1, 0.15) is 19.4 Å². The van der Waals surface area contributed by atoms with E-state index in [0.29, 0.717) is 12.1 Å². The van der Waals surface area contributed by atoms with E-state index in [1.807, 2.05) is 13.8 Å². The van der Waals surface area contributed by atoms with Crippen LogP contribution in [0.2, 0.25) is 0 Å². The standard InChI is InChI=1S/C13H17NO3S/c1-11(2)10-14-18(16,17)13-7-5-12(6-8-13)4-3-9-15/h5-8,11,14-15H,9-10H2,1-2H3. The van der Waals surface area contributed by atoms with Gasteiger partial charge in [0.05, 0.1) is 4.90 Å². The van der Waals surface area contributed by atoms with Gasteiger partial charge in [-0.1, -0.05) is 25.7 Å². The summed E-state index contributed by atoms with van der Waals surface area (Å²) in [7, 11) is -3.44. The minimum atomic E-state index is -3.44. The summed E-state index contributed by atoms with van der Waals surface area (Å²) in [6.45, 7) is 4.08. The van der Waals surface area contributed by atoms with Crippen LogP contribution in [0.4, 0.5) is 0 Å². The normalized spacial score (nSPS) is 11.1. The van der Waals surface area contributed by atoms with Gasteiger partial charge >= 0.3 is 0 Å². The van der Waals surface area contributed by atoms with Crippen molar-refractivity contribution in [3.05, 3.63) is 29.8 Å². The van der Waals surface area contributed by atoms with Gasteiger partial charge in [-0.05, 0) is 30.2 Å². The molecule has 0 aliphatic rings. The molecule has 2 N–H and O–H groups in total. The number of aliphatic hydroxyl groups is 1. The van der Waals surface area contributed by atoms with E-state index in [0.717, 1.165) is 0 Å². The van der Waals surface area contributed by atoms with E-state index < -0.39 is 10.0 Å². The molecule has 0 bridgehead atoms. The summed E-state index contributed by atoms with van der Waals surface area (Å²) in [6.07, 6.45) is 0. The Balaban J connectivity index is 2.84. The number of benzene rings is 1. The van der Waals surface area contributed by atoms with Crippen LogP contribution in [-0.2, 0) is 10.0 Å². The lowest BCUT2D eigenvalue weighted by Gasteiger charge is -2.08. The third-order valence-electron chi connectivity index (χ3n) is 2.16. The van der Waals surface area contributed by atoms with Crippen molar-refractivity contribution in [2.75, 3.05) is 13.2 Å². The zero-order chi connectivity index (χ0) is 13.6. The van der Waals surface area contributed by atoms with Crippen LogP contribution in [0, 0.1) is 17.8 Å². The van der Waals surface area contributed by atoms with Crippen molar-refractivity contribution in [3.63, 3.8) is 0 Å². The van der Waals surface area contributed by atoms with Gasteiger partial charge in [0.25, 0.3) is 0 Å². The van der Waals surface area contributed by atoms with Gasteiger partial charge in [-0.3, -0.25) is 0 Å². The van der Waals surface area contributed by atoms with Gasteiger partial charge in [0.2, 0.25) is 10.0 Å². The van der Waals surface area contributed by atoms with Gasteiger partial charge in [-0.25, -0.2) is 13.1 Å². The van der Waals surface area contributed by atoms with Crippen LogP contribution in [0.25, 0.3) is 0 Å². The van der Waals surface area contributed by atoms with E-state index in [1.165, 1.54) is 12.1 Å². The zero-order valence-electron chi connectivity index (χ0n) is 10.5. The molecule has 18 heavy (non-hydrogen) atoms. The van der Waals surface area contributed by atoms with Crippen LogP contribution < -0.4 is 4.72 Å². The molecule has 98 valence electrons. The van der Waals surface area contributed by atoms with Gasteiger partial charge in [0, 0.05) is 12.1 Å². The van der Waals surface area contributed by atoms with Crippen molar-refractivity contribution < 1.29 is 13.5 Å². The second-order valence-corrected chi connectivity index (χ2v) is 6.00. The van der Waals surface area contributed by atoms with Crippen molar-refractivity contribution in [3.8, 4) is 11.8 Å². The summed E-state index contributed by atoms with van der Waals surface area (Å²) < 4.78 is 26.3. The summed E-state index contributed by atoms with van der Waals surface area (Å²) in [6, 6.07) is 6.24. The third kappa shape index (κ3) is 4.49. The Bertz CT molecular complexity index is 536. The molecule has 1 aromatic carbocycles. The maximum absolute atomic E-state index is 11.9. The van der Waals surface area contributed by atoms with Gasteiger partial charge in [-0.2, -0.15) is 0 Å². The molecule has 0 atom stereocenters. The quantitative estimate of drug-likeness (QED) is 0.799. The first-order chi connectivity index (χ1) is 8.45. The zero-order valence-corrected chi connectivity index (χ0v) is 11.3. The molecular formula is C13H17NO3S. The fraction of sp³-hybridized carbons (Fsp3) is 0.385. The summed E-state index contributed by atoms with van der Waals surface area (Å²) in [5.74, 6) is 5.47. The summed E-state index contributed by atoms with van der Waals surface area (Å²) in [5.41, 5.74) is 0.673. The first-order valence-corrected chi connectivity index (χ1v) is 7.13. The molecule has 5 heteroatoms. The van der Waals surface area contributed by atoms with Crippen LogP contribution in [-0.4, -0.2) is 26.7 Å². The lowest BCUT2D eigenvalue weighted by atomic mass is 10.2. The highest BCUT2D eigenvalue weighted by atomic mass is 32.2. The van der Waals surface area contributed by atoms with Crippen molar-refractivity contribution in [2.24, 2.45) is 5.92 Å². The molecule has 0 aliphatic carbocycles. The number of hydrogen-bond acceptors (Lipinski definition) is 3. The molecule has 0 fully saturated rings. The molecule has 0 aliphatic heterocycles. The van der Waals surface area contributed by atoms with E-state index in [2.05, 4.69) is 16.6 Å². The molecule has 0 aromatic heterocycles. The van der Waals surface area contributed by atoms with Crippen molar-refractivity contribution in [2.45, 2.75) is 18.7 Å². The number of hydrogen-bond donors (Lipinski definition) is 2. The van der Waals surface area contributed by atoms with Gasteiger partial charge < -0.3 is 5.11 Å². The Hall–Kier alpha value is -1.35. The van der Waals surface area contributed by atoms with Crippen molar-refractivity contribution in [1.29, 1.82) is 0 Å². The predicted octanol–water partition coefficient (Wildman–Crippen LogP) is 0.965. The highest BCUT2D eigenvalue weighted by Gasteiger charge is 2.13. The Morgan fingerprint density at radius 1 is 1.28 bits per heavy atom. The Labute approximate surface area is 108 Å². The molecule has 0 spiro atoms. The number of aliphatic hydroxyl groups excluding tert-OH is 1. The van der Waals surface area contributed by atoms with Crippen LogP contribution in [0.5, 0.6) is 0 Å². The van der Waals surface area contributed by atoms with Gasteiger partial charge in [0.15, 0.2) is 0 Å². The average Bonchev–Trinajstić information content (AvgIpc) is 2.34. The van der Waals surface area contributed by atoms with Crippen LogP contribution in [0.3, 0.4) is 0 Å². The lowest BCUT2D eigenvalue weighted by molar-refractivity contribution is 0.350. The molecule has 1 rings (SSSR count). The smallest absolute Gasteiger partial charge is 0.240 e. The largest absolute Gasteiger partial charge is 0.384 e. The summed E-state index contributed by atoms with van der Waals surface area (Å²) in [4.78, 5) is 0.220. The molecule has 0 amide bonds. The lowest BCUT2D eigenvalue weighted by Crippen LogP contribution is -2.27. The highest BCUT2D eigenvalue weighted by molar-refractivity contribution is 7.89. The number of rotatable bonds is 4. The van der Waals surface area contributed by atoms with E-state index in [9.17, 15) is 8.42 Å². The molecule has 0 unspecified atom stereocenters. The fourth-order valence-corrected chi connectivity index (χ4v) is 2.43. The number of nitrogens with one attached hydrogen (secondary N) is 1. The Morgan fingerprint density at radius 2 is 1.89 bits per heavy atom. The summed E-state index contributed by atoms with van der Waals surface area (Å²) >= 11 is 0. The molecule has 4 nitrogen and oxygen atoms in total. The monoisotopic (exact) mass is 267 g/mol. The highest BCUT2D eigenvalue weighted by Crippen LogP contribution is 2.10. The average molecular weight is 267 g/mol. The molecule has 0 radical (unpaired) electrons. The fourth-order valence-electron chi connectivity index (χ4n) is 1.22. The molecule has 1 aromatic rings. The Kier molecular flexibility index (Phi) is 5.35. The molecule has 0 heterocycles. The molecule has 0 saturated heterocycles. The first-order valence-electron chi connectivity index (χ1n) is 5.65. The topological polar surface area (TPSA) is 66.4 Å². The minimum Gasteiger partial charge on any atom is -0.384 e. The van der Waals surface area contributed by atoms with Crippen molar-refractivity contribution >= 4 is 10.0 Å². The first kappa shape index (κ1) is 14.7. The van der Waals surface area contributed by atoms with E-state index in [1.54, 1.807) is 12.1 Å². The second-order valence-electron chi connectivity index (χ2n) is 4.23. The maximum atomic E-state index is 11.9. The Morgan fingerprint density at radius 3 is 2.39 bits per heavy atom. The van der Waals surface area contributed by atoms with E-state index in [-0.39, 0.29) is 17.4 Å². The molecule has 0 saturated carbocycles. The van der Waals surface area contributed by atoms with Gasteiger partial charge in [-0.15, -0.1) is 0 Å². The second kappa shape index (κ2) is 6.55. The van der Waals surface area contributed by atoms with Crippen LogP contribution in [0.15, 0.2) is 29.2 Å². The minimum absolute atomic E-state index is 0.212. The summed E-state index contributed by atoms with van der Waals surface area (Å²) in [5, 5.41) is 8.55. The van der Waals surface area contributed by atoms with Crippen molar-refractivity contribution in [1.82, 2.24) is 4.72 Å². The van der Waals surface area contributed by atoms with Crippen LogP contribution >= 0.6 is 0 Å². The predicted molar refractivity (Wildman–Crippen MR) is 70.4 cm³/mol. The maximum Gasteiger partial charge on any atom is 0.240 e. The third-order valence-corrected chi connectivity index (χ3v) is 3.60. The number of sulfonamides is 1. The molecular weight excluding hydrogens is 250 g/mol.